The van der Waals surface area contributed by atoms with Gasteiger partial charge in [0, 0.05) is 10.6 Å². The standard InChI is InChI=1S/C31H24ClFN2O2S/c1-20-3-12-26(13-4-20)34-31-35(27-14-5-21(2)6-15-27)30(36)29(38-31)18-23-17-24(32)9-16-28(23)37-19-22-7-10-25(33)11-8-22/h3-18H,19H2,1-2H3/b29-18-,34-31?. The van der Waals surface area contributed by atoms with E-state index >= 15 is 0 Å². The van der Waals surface area contributed by atoms with Crippen molar-refractivity contribution >= 4 is 51.9 Å². The number of aliphatic imine (C=N–C) groups is 1. The molecular weight excluding hydrogens is 519 g/mol. The van der Waals surface area contributed by atoms with Crippen molar-refractivity contribution in [3.05, 3.63) is 129 Å². The summed E-state index contributed by atoms with van der Waals surface area (Å²) in [6.07, 6.45) is 1.78. The highest BCUT2D eigenvalue weighted by Crippen LogP contribution is 2.39. The van der Waals surface area contributed by atoms with Gasteiger partial charge in [-0.1, -0.05) is 59.1 Å². The zero-order chi connectivity index (χ0) is 26.6. The summed E-state index contributed by atoms with van der Waals surface area (Å²) in [4.78, 5) is 20.6. The van der Waals surface area contributed by atoms with Crippen LogP contribution in [0.25, 0.3) is 6.08 Å². The van der Waals surface area contributed by atoms with Gasteiger partial charge in [-0.3, -0.25) is 9.69 Å². The van der Waals surface area contributed by atoms with Crippen LogP contribution in [0.3, 0.4) is 0 Å². The molecule has 4 aromatic carbocycles. The van der Waals surface area contributed by atoms with Gasteiger partial charge in [0.05, 0.1) is 16.3 Å². The minimum absolute atomic E-state index is 0.186. The summed E-state index contributed by atoms with van der Waals surface area (Å²) in [7, 11) is 0. The third-order valence-electron chi connectivity index (χ3n) is 5.92. The third-order valence-corrected chi connectivity index (χ3v) is 7.13. The largest absolute Gasteiger partial charge is 0.488 e. The zero-order valence-corrected chi connectivity index (χ0v) is 22.4. The Morgan fingerprint density at radius 3 is 2.26 bits per heavy atom. The lowest BCUT2D eigenvalue weighted by Gasteiger charge is -2.16. The van der Waals surface area contributed by atoms with Gasteiger partial charge in [0.1, 0.15) is 18.2 Å². The van der Waals surface area contributed by atoms with Gasteiger partial charge in [-0.05, 0) is 91.8 Å². The molecule has 0 spiro atoms. The number of halogens is 2. The second kappa shape index (κ2) is 11.3. The van der Waals surface area contributed by atoms with Crippen molar-refractivity contribution in [2.45, 2.75) is 20.5 Å². The Hall–Kier alpha value is -3.87. The first-order valence-electron chi connectivity index (χ1n) is 12.0. The molecule has 1 aliphatic heterocycles. The molecule has 1 heterocycles. The van der Waals surface area contributed by atoms with Crippen LogP contribution in [0.4, 0.5) is 15.8 Å². The van der Waals surface area contributed by atoms with Crippen LogP contribution in [-0.2, 0) is 11.4 Å². The molecule has 1 saturated heterocycles. The van der Waals surface area contributed by atoms with E-state index in [9.17, 15) is 9.18 Å². The molecule has 5 rings (SSSR count). The average Bonchev–Trinajstić information content (AvgIpc) is 3.20. The van der Waals surface area contributed by atoms with Gasteiger partial charge >= 0.3 is 0 Å². The maximum absolute atomic E-state index is 13.7. The number of aryl methyl sites for hydroxylation is 2. The van der Waals surface area contributed by atoms with E-state index in [4.69, 9.17) is 21.3 Å². The molecular formula is C31H24ClFN2O2S. The number of hydrogen-bond donors (Lipinski definition) is 0. The fourth-order valence-corrected chi connectivity index (χ4v) is 5.02. The molecule has 4 nitrogen and oxygen atoms in total. The number of ether oxygens (including phenoxy) is 1. The molecule has 0 unspecified atom stereocenters. The number of amidine groups is 1. The number of rotatable bonds is 6. The molecule has 38 heavy (non-hydrogen) atoms. The summed E-state index contributed by atoms with van der Waals surface area (Å²) in [5, 5.41) is 1.08. The Balaban J connectivity index is 1.50. The molecule has 0 saturated carbocycles. The van der Waals surface area contributed by atoms with E-state index < -0.39 is 0 Å². The molecule has 4 aromatic rings. The van der Waals surface area contributed by atoms with E-state index in [-0.39, 0.29) is 18.3 Å². The van der Waals surface area contributed by atoms with Crippen LogP contribution in [0.2, 0.25) is 5.02 Å². The quantitative estimate of drug-likeness (QED) is 0.229. The molecule has 0 aliphatic carbocycles. The molecule has 0 atom stereocenters. The van der Waals surface area contributed by atoms with Crippen molar-refractivity contribution < 1.29 is 13.9 Å². The number of anilines is 1. The minimum atomic E-state index is -0.302. The fourth-order valence-electron chi connectivity index (χ4n) is 3.85. The second-order valence-corrected chi connectivity index (χ2v) is 10.4. The number of amides is 1. The summed E-state index contributed by atoms with van der Waals surface area (Å²) < 4.78 is 19.3. The van der Waals surface area contributed by atoms with Gasteiger partial charge < -0.3 is 4.74 Å². The minimum Gasteiger partial charge on any atom is -0.488 e. The molecule has 0 aromatic heterocycles. The fraction of sp³-hybridized carbons (Fsp3) is 0.0968. The molecule has 0 N–H and O–H groups in total. The number of carbonyl (C=O) groups is 1. The Kier molecular flexibility index (Phi) is 7.63. The molecule has 1 fully saturated rings. The van der Waals surface area contributed by atoms with Crippen molar-refractivity contribution in [2.75, 3.05) is 4.90 Å². The van der Waals surface area contributed by atoms with E-state index in [0.717, 1.165) is 28.1 Å². The molecule has 0 radical (unpaired) electrons. The molecule has 7 heteroatoms. The Morgan fingerprint density at radius 2 is 1.58 bits per heavy atom. The van der Waals surface area contributed by atoms with Gasteiger partial charge in [0.2, 0.25) is 0 Å². The topological polar surface area (TPSA) is 41.9 Å². The van der Waals surface area contributed by atoms with Gasteiger partial charge in [0.15, 0.2) is 5.17 Å². The van der Waals surface area contributed by atoms with Gasteiger partial charge in [-0.25, -0.2) is 9.38 Å². The predicted molar refractivity (Wildman–Crippen MR) is 155 cm³/mol. The van der Waals surface area contributed by atoms with Crippen LogP contribution in [-0.4, -0.2) is 11.1 Å². The van der Waals surface area contributed by atoms with E-state index in [1.54, 1.807) is 41.3 Å². The van der Waals surface area contributed by atoms with Crippen LogP contribution < -0.4 is 9.64 Å². The van der Waals surface area contributed by atoms with E-state index in [1.807, 2.05) is 62.4 Å². The van der Waals surface area contributed by atoms with Crippen LogP contribution in [0, 0.1) is 19.7 Å². The maximum Gasteiger partial charge on any atom is 0.271 e. The molecule has 1 aliphatic rings. The van der Waals surface area contributed by atoms with Gasteiger partial charge in [-0.15, -0.1) is 0 Å². The molecule has 190 valence electrons. The Morgan fingerprint density at radius 1 is 0.921 bits per heavy atom. The summed E-state index contributed by atoms with van der Waals surface area (Å²) in [5.41, 5.74) is 5.22. The number of nitrogens with zero attached hydrogens (tertiary/aromatic N) is 2. The van der Waals surface area contributed by atoms with Gasteiger partial charge in [0.25, 0.3) is 5.91 Å². The first-order chi connectivity index (χ1) is 18.4. The third kappa shape index (κ3) is 5.98. The van der Waals surface area contributed by atoms with E-state index in [1.165, 1.54) is 23.9 Å². The average molecular weight is 543 g/mol. The normalized spacial score (nSPS) is 15.5. The Bertz CT molecular complexity index is 1530. The van der Waals surface area contributed by atoms with Crippen molar-refractivity contribution in [1.29, 1.82) is 0 Å². The van der Waals surface area contributed by atoms with Crippen molar-refractivity contribution in [3.63, 3.8) is 0 Å². The second-order valence-electron chi connectivity index (χ2n) is 8.91. The van der Waals surface area contributed by atoms with E-state index in [2.05, 4.69) is 0 Å². The van der Waals surface area contributed by atoms with Crippen molar-refractivity contribution in [1.82, 2.24) is 0 Å². The number of hydrogen-bond acceptors (Lipinski definition) is 4. The van der Waals surface area contributed by atoms with E-state index in [0.29, 0.717) is 26.4 Å². The first-order valence-corrected chi connectivity index (χ1v) is 13.2. The number of thioether (sulfide) groups is 1. The lowest BCUT2D eigenvalue weighted by molar-refractivity contribution is -0.113. The first kappa shape index (κ1) is 25.8. The zero-order valence-electron chi connectivity index (χ0n) is 20.8. The van der Waals surface area contributed by atoms with Gasteiger partial charge in [-0.2, -0.15) is 0 Å². The molecule has 0 bridgehead atoms. The Labute approximate surface area is 230 Å². The number of carbonyl (C=O) groups excluding carboxylic acids is 1. The smallest absolute Gasteiger partial charge is 0.271 e. The summed E-state index contributed by atoms with van der Waals surface area (Å²) in [6.45, 7) is 4.27. The van der Waals surface area contributed by atoms with Crippen molar-refractivity contribution in [2.24, 2.45) is 4.99 Å². The van der Waals surface area contributed by atoms with Crippen molar-refractivity contribution in [3.8, 4) is 5.75 Å². The highest BCUT2D eigenvalue weighted by molar-refractivity contribution is 8.19. The van der Waals surface area contributed by atoms with Crippen LogP contribution in [0.5, 0.6) is 5.75 Å². The summed E-state index contributed by atoms with van der Waals surface area (Å²) >= 11 is 7.61. The summed E-state index contributed by atoms with van der Waals surface area (Å²) in [6, 6.07) is 27.0. The lowest BCUT2D eigenvalue weighted by atomic mass is 10.1. The van der Waals surface area contributed by atoms with Crippen LogP contribution in [0.1, 0.15) is 22.3 Å². The predicted octanol–water partition coefficient (Wildman–Crippen LogP) is 8.48. The van der Waals surface area contributed by atoms with Crippen LogP contribution >= 0.6 is 23.4 Å². The summed E-state index contributed by atoms with van der Waals surface area (Å²) in [5.74, 6) is 0.0725. The SMILES string of the molecule is Cc1ccc(N=C2S/C(=C\c3cc(Cl)ccc3OCc3ccc(F)cc3)C(=O)N2c2ccc(C)cc2)cc1. The number of benzene rings is 4. The lowest BCUT2D eigenvalue weighted by Crippen LogP contribution is -2.28. The van der Waals surface area contributed by atoms with Crippen LogP contribution in [0.15, 0.2) is 101 Å². The monoisotopic (exact) mass is 542 g/mol. The maximum atomic E-state index is 13.7. The molecule has 1 amide bonds. The highest BCUT2D eigenvalue weighted by atomic mass is 35.5. The highest BCUT2D eigenvalue weighted by Gasteiger charge is 2.35.